The van der Waals surface area contributed by atoms with Crippen molar-refractivity contribution in [1.82, 2.24) is 4.72 Å². The van der Waals surface area contributed by atoms with Gasteiger partial charge in [0.25, 0.3) is 0 Å². The highest BCUT2D eigenvalue weighted by Crippen LogP contribution is 2.27. The van der Waals surface area contributed by atoms with E-state index >= 15 is 0 Å². The lowest BCUT2D eigenvalue weighted by atomic mass is 9.93. The zero-order chi connectivity index (χ0) is 19.3. The minimum absolute atomic E-state index is 0.101. The first-order chi connectivity index (χ1) is 12.3. The SMILES string of the molecule is CC[C@H](C)[C@H](Cc1ccc(SC)cc1O)NS(=O)(=O)c1cccc(Cl)c1. The van der Waals surface area contributed by atoms with Gasteiger partial charge in [-0.1, -0.05) is 44.0 Å². The summed E-state index contributed by atoms with van der Waals surface area (Å²) in [5.74, 6) is 0.288. The Morgan fingerprint density at radius 1 is 1.23 bits per heavy atom. The van der Waals surface area contributed by atoms with Gasteiger partial charge in [0.05, 0.1) is 4.90 Å². The normalized spacial score (nSPS) is 14.2. The molecule has 0 unspecified atom stereocenters. The molecule has 2 atom stereocenters. The first-order valence-electron chi connectivity index (χ1n) is 8.40. The van der Waals surface area contributed by atoms with Crippen LogP contribution in [0, 0.1) is 5.92 Å². The maximum atomic E-state index is 12.8. The summed E-state index contributed by atoms with van der Waals surface area (Å²) in [4.78, 5) is 1.10. The summed E-state index contributed by atoms with van der Waals surface area (Å²) < 4.78 is 28.3. The molecular formula is C19H24ClNO3S2. The second-order valence-electron chi connectivity index (χ2n) is 6.27. The highest BCUT2D eigenvalue weighted by Gasteiger charge is 2.25. The van der Waals surface area contributed by atoms with Gasteiger partial charge >= 0.3 is 0 Å². The molecule has 0 fully saturated rings. The maximum absolute atomic E-state index is 12.8. The second-order valence-corrected chi connectivity index (χ2v) is 9.30. The van der Waals surface area contributed by atoms with Crippen LogP contribution in [0.5, 0.6) is 5.75 Å². The first-order valence-corrected chi connectivity index (χ1v) is 11.5. The van der Waals surface area contributed by atoms with Gasteiger partial charge in [0, 0.05) is 16.0 Å². The van der Waals surface area contributed by atoms with E-state index in [-0.39, 0.29) is 22.6 Å². The van der Waals surface area contributed by atoms with Crippen molar-refractivity contribution in [2.75, 3.05) is 6.26 Å². The van der Waals surface area contributed by atoms with Crippen LogP contribution in [0.1, 0.15) is 25.8 Å². The van der Waals surface area contributed by atoms with Crippen LogP contribution in [0.4, 0.5) is 0 Å². The van der Waals surface area contributed by atoms with Gasteiger partial charge in [-0.25, -0.2) is 13.1 Å². The summed E-state index contributed by atoms with van der Waals surface area (Å²) in [5.41, 5.74) is 0.724. The zero-order valence-electron chi connectivity index (χ0n) is 15.1. The molecule has 142 valence electrons. The number of thioether (sulfide) groups is 1. The minimum atomic E-state index is -3.70. The summed E-state index contributed by atoms with van der Waals surface area (Å²) in [5, 5.41) is 10.6. The van der Waals surface area contributed by atoms with Gasteiger partial charge < -0.3 is 5.11 Å². The van der Waals surface area contributed by atoms with Crippen LogP contribution >= 0.6 is 23.4 Å². The van der Waals surface area contributed by atoms with Crippen molar-refractivity contribution >= 4 is 33.4 Å². The Kier molecular flexibility index (Phi) is 7.41. The largest absolute Gasteiger partial charge is 0.508 e. The summed E-state index contributed by atoms with van der Waals surface area (Å²) in [6, 6.07) is 11.4. The van der Waals surface area contributed by atoms with Gasteiger partial charge in [0.2, 0.25) is 10.0 Å². The van der Waals surface area contributed by atoms with Crippen molar-refractivity contribution in [2.45, 2.75) is 42.5 Å². The molecule has 0 radical (unpaired) electrons. The molecule has 4 nitrogen and oxygen atoms in total. The molecule has 26 heavy (non-hydrogen) atoms. The summed E-state index contributed by atoms with van der Waals surface area (Å²) >= 11 is 7.48. The van der Waals surface area contributed by atoms with E-state index in [0.717, 1.165) is 16.9 Å². The Morgan fingerprint density at radius 3 is 2.54 bits per heavy atom. The molecule has 0 amide bonds. The molecular weight excluding hydrogens is 390 g/mol. The fraction of sp³-hybridized carbons (Fsp3) is 0.368. The van der Waals surface area contributed by atoms with Gasteiger partial charge in [0.1, 0.15) is 5.75 Å². The fourth-order valence-electron chi connectivity index (χ4n) is 2.63. The van der Waals surface area contributed by atoms with Crippen LogP contribution in [0.2, 0.25) is 5.02 Å². The first kappa shape index (κ1) is 21.1. The van der Waals surface area contributed by atoms with Gasteiger partial charge in [-0.15, -0.1) is 11.8 Å². The number of phenolic OH excluding ortho intramolecular Hbond substituents is 1. The average Bonchev–Trinajstić information content (AvgIpc) is 2.61. The molecule has 0 aliphatic heterocycles. The molecule has 2 N–H and O–H groups in total. The molecule has 0 aliphatic carbocycles. The predicted octanol–water partition coefficient (Wildman–Crippen LogP) is 4.70. The molecule has 0 saturated carbocycles. The number of rotatable bonds is 8. The van der Waals surface area contributed by atoms with Crippen molar-refractivity contribution < 1.29 is 13.5 Å². The van der Waals surface area contributed by atoms with Crippen LogP contribution in [0.25, 0.3) is 0 Å². The number of hydrogen-bond donors (Lipinski definition) is 2. The Bertz CT molecular complexity index is 856. The van der Waals surface area contributed by atoms with E-state index in [9.17, 15) is 13.5 Å². The van der Waals surface area contributed by atoms with E-state index in [1.807, 2.05) is 32.2 Å². The third-order valence-electron chi connectivity index (χ3n) is 4.48. The molecule has 0 spiro atoms. The zero-order valence-corrected chi connectivity index (χ0v) is 17.5. The smallest absolute Gasteiger partial charge is 0.240 e. The summed E-state index contributed by atoms with van der Waals surface area (Å²) in [7, 11) is -3.70. The van der Waals surface area contributed by atoms with Crippen LogP contribution in [-0.2, 0) is 16.4 Å². The maximum Gasteiger partial charge on any atom is 0.240 e. The standard InChI is InChI=1S/C19H24ClNO3S2/c1-4-13(2)18(10-14-8-9-16(25-3)12-19(14)22)21-26(23,24)17-7-5-6-15(20)11-17/h5-9,11-13,18,21-22H,4,10H2,1-3H3/t13-,18-/m0/s1. The summed E-state index contributed by atoms with van der Waals surface area (Å²) in [6.07, 6.45) is 3.16. The van der Waals surface area contributed by atoms with E-state index < -0.39 is 10.0 Å². The molecule has 0 saturated heterocycles. The Hall–Kier alpha value is -1.21. The van der Waals surface area contributed by atoms with Crippen molar-refractivity contribution in [1.29, 1.82) is 0 Å². The van der Waals surface area contributed by atoms with Crippen molar-refractivity contribution in [3.63, 3.8) is 0 Å². The highest BCUT2D eigenvalue weighted by atomic mass is 35.5. The third kappa shape index (κ3) is 5.39. The monoisotopic (exact) mass is 413 g/mol. The Labute approximate surface area is 165 Å². The van der Waals surface area contributed by atoms with E-state index in [1.165, 1.54) is 12.1 Å². The van der Waals surface area contributed by atoms with Gasteiger partial charge in [-0.3, -0.25) is 0 Å². The van der Waals surface area contributed by atoms with E-state index in [1.54, 1.807) is 30.0 Å². The topological polar surface area (TPSA) is 66.4 Å². The van der Waals surface area contributed by atoms with Crippen LogP contribution in [-0.4, -0.2) is 25.8 Å². The summed E-state index contributed by atoms with van der Waals surface area (Å²) in [6.45, 7) is 4.01. The van der Waals surface area contributed by atoms with Crippen LogP contribution < -0.4 is 4.72 Å². The van der Waals surface area contributed by atoms with Crippen LogP contribution in [0.3, 0.4) is 0 Å². The number of aromatic hydroxyl groups is 1. The Balaban J connectivity index is 2.28. The predicted molar refractivity (Wildman–Crippen MR) is 109 cm³/mol. The molecule has 2 aromatic carbocycles. The number of phenols is 1. The lowest BCUT2D eigenvalue weighted by molar-refractivity contribution is 0.397. The highest BCUT2D eigenvalue weighted by molar-refractivity contribution is 7.98. The number of sulfonamides is 1. The quantitative estimate of drug-likeness (QED) is 0.615. The number of halogens is 1. The van der Waals surface area contributed by atoms with Crippen molar-refractivity contribution in [3.8, 4) is 5.75 Å². The number of benzene rings is 2. The lowest BCUT2D eigenvalue weighted by Gasteiger charge is -2.25. The number of hydrogen-bond acceptors (Lipinski definition) is 4. The lowest BCUT2D eigenvalue weighted by Crippen LogP contribution is -2.40. The van der Waals surface area contributed by atoms with E-state index in [4.69, 9.17) is 11.6 Å². The average molecular weight is 414 g/mol. The second kappa shape index (κ2) is 9.13. The van der Waals surface area contributed by atoms with E-state index in [2.05, 4.69) is 4.72 Å². The molecule has 2 rings (SSSR count). The third-order valence-corrected chi connectivity index (χ3v) is 6.92. The molecule has 2 aromatic rings. The Morgan fingerprint density at radius 2 is 1.96 bits per heavy atom. The van der Waals surface area contributed by atoms with Gasteiger partial charge in [0.15, 0.2) is 0 Å². The fourth-order valence-corrected chi connectivity index (χ4v) is 4.70. The molecule has 0 aromatic heterocycles. The molecule has 0 aliphatic rings. The van der Waals surface area contributed by atoms with Crippen molar-refractivity contribution in [3.05, 3.63) is 53.1 Å². The molecule has 0 heterocycles. The number of nitrogens with one attached hydrogen (secondary N) is 1. The van der Waals surface area contributed by atoms with Gasteiger partial charge in [-0.2, -0.15) is 0 Å². The van der Waals surface area contributed by atoms with Crippen molar-refractivity contribution in [2.24, 2.45) is 5.92 Å². The molecule has 0 bridgehead atoms. The van der Waals surface area contributed by atoms with Gasteiger partial charge in [-0.05, 0) is 54.5 Å². The minimum Gasteiger partial charge on any atom is -0.508 e. The van der Waals surface area contributed by atoms with E-state index in [0.29, 0.717) is 11.4 Å². The molecule has 7 heteroatoms. The van der Waals surface area contributed by atoms with Crippen LogP contribution in [0.15, 0.2) is 52.3 Å².